The molecule has 132 valence electrons. The van der Waals surface area contributed by atoms with Gasteiger partial charge in [-0.1, -0.05) is 19.9 Å². The van der Waals surface area contributed by atoms with Crippen LogP contribution in [0.15, 0.2) is 36.4 Å². The number of ether oxygens (including phenoxy) is 2. The van der Waals surface area contributed by atoms with Crippen molar-refractivity contribution in [2.75, 3.05) is 26.3 Å². The zero-order valence-electron chi connectivity index (χ0n) is 15.5. The Hall–Kier alpha value is -1.20. The van der Waals surface area contributed by atoms with Gasteiger partial charge in [-0.3, -0.25) is 0 Å². The number of nitrogens with zero attached hydrogens (tertiary/aromatic N) is 1. The first-order valence-corrected chi connectivity index (χ1v) is 9.04. The van der Waals surface area contributed by atoms with E-state index >= 15 is 0 Å². The summed E-state index contributed by atoms with van der Waals surface area (Å²) in [4.78, 5) is 2.14. The van der Waals surface area contributed by atoms with E-state index in [-0.39, 0.29) is 17.9 Å². The fourth-order valence-corrected chi connectivity index (χ4v) is 3.58. The van der Waals surface area contributed by atoms with Gasteiger partial charge < -0.3 is 19.0 Å². The van der Waals surface area contributed by atoms with Crippen LogP contribution in [0.2, 0.25) is 12.1 Å². The summed E-state index contributed by atoms with van der Waals surface area (Å²) in [6.07, 6.45) is 8.54. The Kier molecular flexibility index (Phi) is 4.85. The van der Waals surface area contributed by atoms with Gasteiger partial charge in [0.05, 0.1) is 18.8 Å². The lowest BCUT2D eigenvalue weighted by Gasteiger charge is -2.34. The fourth-order valence-electron chi connectivity index (χ4n) is 3.58. The summed E-state index contributed by atoms with van der Waals surface area (Å²) in [5.41, 5.74) is 0.0934. The Morgan fingerprint density at radius 3 is 2.62 bits per heavy atom. The van der Waals surface area contributed by atoms with Crippen LogP contribution in [0.1, 0.15) is 34.1 Å². The molecule has 2 heterocycles. The molecule has 0 bridgehead atoms. The van der Waals surface area contributed by atoms with E-state index in [1.807, 2.05) is 6.08 Å². The van der Waals surface area contributed by atoms with E-state index < -0.39 is 0 Å². The number of allylic oxidation sites excluding steroid dienone is 3. The molecular formula is C19H30BNO3. The molecule has 2 fully saturated rings. The second kappa shape index (κ2) is 6.60. The molecule has 0 aromatic carbocycles. The minimum absolute atomic E-state index is 0.0922. The van der Waals surface area contributed by atoms with Gasteiger partial charge in [-0.2, -0.15) is 0 Å². The third-order valence-electron chi connectivity index (χ3n) is 5.93. The van der Waals surface area contributed by atoms with Gasteiger partial charge in [0.15, 0.2) is 5.88 Å². The van der Waals surface area contributed by atoms with E-state index in [9.17, 15) is 0 Å². The molecule has 24 heavy (non-hydrogen) atoms. The van der Waals surface area contributed by atoms with Crippen molar-refractivity contribution in [2.45, 2.75) is 51.9 Å². The number of morpholine rings is 1. The predicted molar refractivity (Wildman–Crippen MR) is 97.7 cm³/mol. The van der Waals surface area contributed by atoms with Gasteiger partial charge in [0, 0.05) is 13.1 Å². The first-order valence-electron chi connectivity index (χ1n) is 9.04. The average Bonchev–Trinajstić information content (AvgIpc) is 2.76. The lowest BCUT2D eigenvalue weighted by atomic mass is 9.49. The summed E-state index contributed by atoms with van der Waals surface area (Å²) >= 11 is 0. The third kappa shape index (κ3) is 3.57. The summed E-state index contributed by atoms with van der Waals surface area (Å²) < 4.78 is 17.8. The molecule has 0 spiro atoms. The Balaban J connectivity index is 1.63. The Morgan fingerprint density at radius 1 is 1.29 bits per heavy atom. The van der Waals surface area contributed by atoms with Crippen molar-refractivity contribution < 1.29 is 14.1 Å². The van der Waals surface area contributed by atoms with Crippen molar-refractivity contribution in [1.29, 1.82) is 0 Å². The number of hydrogen-bond acceptors (Lipinski definition) is 4. The van der Waals surface area contributed by atoms with Crippen LogP contribution >= 0.6 is 0 Å². The smallest absolute Gasteiger partial charge is 0.301 e. The second-order valence-electron chi connectivity index (χ2n) is 8.22. The molecule has 1 aliphatic carbocycles. The Labute approximate surface area is 146 Å². The summed E-state index contributed by atoms with van der Waals surface area (Å²) in [5, 5.41) is 0. The van der Waals surface area contributed by atoms with Gasteiger partial charge in [-0.05, 0) is 56.6 Å². The highest BCUT2D eigenvalue weighted by Gasteiger charge is 2.51. The monoisotopic (exact) mass is 331 g/mol. The van der Waals surface area contributed by atoms with Gasteiger partial charge in [-0.15, -0.1) is 0 Å². The first-order chi connectivity index (χ1) is 11.3. The largest absolute Gasteiger partial charge is 0.442 e. The van der Waals surface area contributed by atoms with Crippen molar-refractivity contribution >= 4 is 6.92 Å². The maximum absolute atomic E-state index is 6.39. The molecule has 0 aromatic heterocycles. The van der Waals surface area contributed by atoms with E-state index in [1.165, 1.54) is 0 Å². The minimum Gasteiger partial charge on any atom is -0.442 e. The van der Waals surface area contributed by atoms with Crippen molar-refractivity contribution in [3.63, 3.8) is 0 Å². The molecule has 2 saturated heterocycles. The zero-order chi connectivity index (χ0) is 17.4. The molecule has 2 aliphatic heterocycles. The van der Waals surface area contributed by atoms with E-state index in [0.717, 1.165) is 44.8 Å². The molecule has 3 aliphatic rings. The van der Waals surface area contributed by atoms with Crippen LogP contribution in [0.3, 0.4) is 0 Å². The van der Waals surface area contributed by atoms with Crippen LogP contribution < -0.4 is 0 Å². The van der Waals surface area contributed by atoms with E-state index in [0.29, 0.717) is 11.7 Å². The molecule has 5 heteroatoms. The molecular weight excluding hydrogens is 301 g/mol. The van der Waals surface area contributed by atoms with Crippen molar-refractivity contribution in [3.05, 3.63) is 36.4 Å². The van der Waals surface area contributed by atoms with Gasteiger partial charge >= 0.3 is 6.92 Å². The Morgan fingerprint density at radius 2 is 2.00 bits per heavy atom. The van der Waals surface area contributed by atoms with Crippen LogP contribution in [0, 0.1) is 5.41 Å². The molecule has 0 amide bonds. The lowest BCUT2D eigenvalue weighted by molar-refractivity contribution is 0.0270. The van der Waals surface area contributed by atoms with Gasteiger partial charge in [0.2, 0.25) is 0 Å². The van der Waals surface area contributed by atoms with Crippen molar-refractivity contribution in [3.8, 4) is 0 Å². The van der Waals surface area contributed by atoms with Crippen LogP contribution in [0.4, 0.5) is 0 Å². The molecule has 3 rings (SSSR count). The predicted octanol–water partition coefficient (Wildman–Crippen LogP) is 3.85. The standard InChI is InChI=1S/C19H30BNO3/c1-15(21-9-11-22-12-10-21)23-17-8-6-7-16(13-17)20-14-18(2,3)19(4,5)24-20/h6,8,13,16H,1,7,9-12,14H2,2-5H3. The first kappa shape index (κ1) is 17.6. The highest BCUT2D eigenvalue weighted by Crippen LogP contribution is 2.49. The summed E-state index contributed by atoms with van der Waals surface area (Å²) in [5.74, 6) is 1.96. The third-order valence-corrected chi connectivity index (χ3v) is 5.93. The summed E-state index contributed by atoms with van der Waals surface area (Å²) in [6, 6.07) is 0. The SMILES string of the molecule is C=C(OC1=CC(B2CC(C)(C)C(C)(C)O2)CC=C1)N1CCOCC1. The molecule has 1 unspecified atom stereocenters. The van der Waals surface area contributed by atoms with Gasteiger partial charge in [-0.25, -0.2) is 0 Å². The summed E-state index contributed by atoms with van der Waals surface area (Å²) in [6.45, 7) is 16.5. The van der Waals surface area contributed by atoms with Crippen LogP contribution in [0.25, 0.3) is 0 Å². The molecule has 1 atom stereocenters. The van der Waals surface area contributed by atoms with Gasteiger partial charge in [0.25, 0.3) is 0 Å². The highest BCUT2D eigenvalue weighted by molar-refractivity contribution is 6.55. The topological polar surface area (TPSA) is 30.9 Å². The number of rotatable bonds is 4. The molecule has 0 saturated carbocycles. The quantitative estimate of drug-likeness (QED) is 0.578. The van der Waals surface area contributed by atoms with E-state index in [1.54, 1.807) is 0 Å². The second-order valence-corrected chi connectivity index (χ2v) is 8.22. The van der Waals surface area contributed by atoms with Crippen LogP contribution in [-0.2, 0) is 14.1 Å². The molecule has 0 aromatic rings. The summed E-state index contributed by atoms with van der Waals surface area (Å²) in [7, 11) is 0. The molecule has 0 N–H and O–H groups in total. The maximum atomic E-state index is 6.39. The lowest BCUT2D eigenvalue weighted by Crippen LogP contribution is -2.36. The van der Waals surface area contributed by atoms with E-state index in [2.05, 4.69) is 51.3 Å². The fraction of sp³-hybridized carbons (Fsp3) is 0.684. The average molecular weight is 331 g/mol. The minimum atomic E-state index is -0.0922. The van der Waals surface area contributed by atoms with Crippen molar-refractivity contribution in [1.82, 2.24) is 4.90 Å². The van der Waals surface area contributed by atoms with E-state index in [4.69, 9.17) is 14.1 Å². The maximum Gasteiger partial charge on any atom is 0.301 e. The number of hydrogen-bond donors (Lipinski definition) is 0. The molecule has 0 radical (unpaired) electrons. The molecule has 4 nitrogen and oxygen atoms in total. The highest BCUT2D eigenvalue weighted by atomic mass is 16.5. The zero-order valence-corrected chi connectivity index (χ0v) is 15.5. The Bertz CT molecular complexity index is 531. The van der Waals surface area contributed by atoms with Crippen LogP contribution in [-0.4, -0.2) is 43.7 Å². The van der Waals surface area contributed by atoms with Crippen LogP contribution in [0.5, 0.6) is 0 Å². The van der Waals surface area contributed by atoms with Crippen molar-refractivity contribution in [2.24, 2.45) is 5.41 Å². The normalized spacial score (nSPS) is 28.7. The van der Waals surface area contributed by atoms with Gasteiger partial charge in [0.1, 0.15) is 5.76 Å².